The highest BCUT2D eigenvalue weighted by Gasteiger charge is 2.20. The van der Waals surface area contributed by atoms with Crippen LogP contribution >= 0.6 is 0 Å². The van der Waals surface area contributed by atoms with Crippen LogP contribution in [0.2, 0.25) is 0 Å². The van der Waals surface area contributed by atoms with Crippen LogP contribution in [0.1, 0.15) is 11.1 Å². The Hall–Kier alpha value is -3.22. The molecule has 150 valence electrons. The van der Waals surface area contributed by atoms with E-state index in [1.54, 1.807) is 12.3 Å². The van der Waals surface area contributed by atoms with Crippen molar-refractivity contribution < 1.29 is 8.78 Å². The van der Waals surface area contributed by atoms with Gasteiger partial charge in [0.25, 0.3) is 0 Å². The molecule has 2 aromatic carbocycles. The Morgan fingerprint density at radius 1 is 0.897 bits per heavy atom. The van der Waals surface area contributed by atoms with Gasteiger partial charge in [-0.25, -0.2) is 13.8 Å². The molecule has 5 nitrogen and oxygen atoms in total. The fraction of sp³-hybridized carbons (Fsp3) is 0.273. The molecule has 4 rings (SSSR count). The molecule has 29 heavy (non-hydrogen) atoms. The fourth-order valence-corrected chi connectivity index (χ4v) is 3.52. The lowest BCUT2D eigenvalue weighted by Crippen LogP contribution is -2.47. The minimum atomic E-state index is -0.896. The molecular weight excluding hydrogens is 372 g/mol. The third-order valence-corrected chi connectivity index (χ3v) is 5.31. The summed E-state index contributed by atoms with van der Waals surface area (Å²) in [5.41, 5.74) is 4.33. The van der Waals surface area contributed by atoms with Crippen LogP contribution in [0.25, 0.3) is 0 Å². The predicted octanol–water partition coefficient (Wildman–Crippen LogP) is 4.44. The monoisotopic (exact) mass is 395 g/mol. The second-order valence-corrected chi connectivity index (χ2v) is 7.19. The number of aromatic nitrogens is 2. The lowest BCUT2D eigenvalue weighted by molar-refractivity contribution is 0.509. The van der Waals surface area contributed by atoms with E-state index in [0.717, 1.165) is 38.3 Å². The highest BCUT2D eigenvalue weighted by molar-refractivity contribution is 5.59. The number of piperazine rings is 1. The zero-order valence-corrected chi connectivity index (χ0v) is 16.5. The van der Waals surface area contributed by atoms with Crippen LogP contribution in [0.4, 0.5) is 31.9 Å². The lowest BCUT2D eigenvalue weighted by atomic mass is 10.1. The van der Waals surface area contributed by atoms with Gasteiger partial charge in [-0.05, 0) is 49.2 Å². The molecule has 1 fully saturated rings. The molecule has 0 aliphatic carbocycles. The second kappa shape index (κ2) is 8.03. The van der Waals surface area contributed by atoms with E-state index in [4.69, 9.17) is 0 Å². The SMILES string of the molecule is Cc1cccc(N2CCN(c3nccc(Nc4ccc(F)c(F)c4)n3)CC2)c1C. The van der Waals surface area contributed by atoms with E-state index in [9.17, 15) is 8.78 Å². The summed E-state index contributed by atoms with van der Waals surface area (Å²) in [6.07, 6.45) is 1.67. The molecule has 0 saturated carbocycles. The largest absolute Gasteiger partial charge is 0.368 e. The van der Waals surface area contributed by atoms with Gasteiger partial charge in [-0.3, -0.25) is 0 Å². The number of halogens is 2. The molecule has 7 heteroatoms. The van der Waals surface area contributed by atoms with Gasteiger partial charge >= 0.3 is 0 Å². The van der Waals surface area contributed by atoms with Gasteiger partial charge in [0.05, 0.1) is 0 Å². The number of anilines is 4. The molecule has 2 heterocycles. The van der Waals surface area contributed by atoms with Crippen LogP contribution in [-0.2, 0) is 0 Å². The van der Waals surface area contributed by atoms with Gasteiger partial charge in [0.15, 0.2) is 11.6 Å². The van der Waals surface area contributed by atoms with Crippen molar-refractivity contribution in [2.45, 2.75) is 13.8 Å². The molecule has 1 saturated heterocycles. The average molecular weight is 395 g/mol. The zero-order chi connectivity index (χ0) is 20.4. The first-order valence-corrected chi connectivity index (χ1v) is 9.62. The Morgan fingerprint density at radius 2 is 1.66 bits per heavy atom. The van der Waals surface area contributed by atoms with Gasteiger partial charge in [0, 0.05) is 49.8 Å². The van der Waals surface area contributed by atoms with Crippen LogP contribution in [0.15, 0.2) is 48.7 Å². The van der Waals surface area contributed by atoms with Crippen molar-refractivity contribution >= 4 is 23.1 Å². The van der Waals surface area contributed by atoms with Crippen LogP contribution in [0.3, 0.4) is 0 Å². The summed E-state index contributed by atoms with van der Waals surface area (Å²) in [5.74, 6) is -0.608. The van der Waals surface area contributed by atoms with E-state index in [-0.39, 0.29) is 0 Å². The van der Waals surface area contributed by atoms with Gasteiger partial charge < -0.3 is 15.1 Å². The second-order valence-electron chi connectivity index (χ2n) is 7.19. The Balaban J connectivity index is 1.44. The summed E-state index contributed by atoms with van der Waals surface area (Å²) in [5, 5.41) is 3.00. The van der Waals surface area contributed by atoms with Crippen molar-refractivity contribution in [2.75, 3.05) is 41.3 Å². The molecule has 0 atom stereocenters. The van der Waals surface area contributed by atoms with E-state index in [1.807, 2.05) is 0 Å². The topological polar surface area (TPSA) is 44.3 Å². The van der Waals surface area contributed by atoms with Gasteiger partial charge in [0.1, 0.15) is 5.82 Å². The summed E-state index contributed by atoms with van der Waals surface area (Å²) < 4.78 is 26.5. The maximum Gasteiger partial charge on any atom is 0.227 e. The minimum absolute atomic E-state index is 0.438. The maximum atomic E-state index is 13.4. The van der Waals surface area contributed by atoms with Crippen molar-refractivity contribution in [3.05, 3.63) is 71.4 Å². The highest BCUT2D eigenvalue weighted by atomic mass is 19.2. The van der Waals surface area contributed by atoms with E-state index < -0.39 is 11.6 Å². The van der Waals surface area contributed by atoms with Crippen molar-refractivity contribution in [1.29, 1.82) is 0 Å². The standard InChI is InChI=1S/C22H23F2N5/c1-15-4-3-5-20(16(15)2)28-10-12-29(13-11-28)22-25-9-8-21(27-22)26-17-6-7-18(23)19(24)14-17/h3-9,14H,10-13H2,1-2H3,(H,25,26,27). The first kappa shape index (κ1) is 19.1. The molecule has 1 aliphatic rings. The average Bonchev–Trinajstić information content (AvgIpc) is 2.73. The van der Waals surface area contributed by atoms with Crippen molar-refractivity contribution in [3.8, 4) is 0 Å². The summed E-state index contributed by atoms with van der Waals surface area (Å²) >= 11 is 0. The van der Waals surface area contributed by atoms with E-state index in [2.05, 4.69) is 57.1 Å². The van der Waals surface area contributed by atoms with E-state index in [1.165, 1.54) is 22.9 Å². The summed E-state index contributed by atoms with van der Waals surface area (Å²) in [4.78, 5) is 13.5. The first-order chi connectivity index (χ1) is 14.0. The number of hydrogen-bond donors (Lipinski definition) is 1. The Kier molecular flexibility index (Phi) is 5.29. The summed E-state index contributed by atoms with van der Waals surface area (Å²) in [6, 6.07) is 11.8. The van der Waals surface area contributed by atoms with Gasteiger partial charge in [-0.15, -0.1) is 0 Å². The summed E-state index contributed by atoms with van der Waals surface area (Å²) in [6.45, 7) is 7.68. The smallest absolute Gasteiger partial charge is 0.227 e. The molecule has 0 radical (unpaired) electrons. The van der Waals surface area contributed by atoms with E-state index in [0.29, 0.717) is 17.5 Å². The lowest BCUT2D eigenvalue weighted by Gasteiger charge is -2.37. The highest BCUT2D eigenvalue weighted by Crippen LogP contribution is 2.25. The third kappa shape index (κ3) is 4.13. The molecular formula is C22H23F2N5. The Bertz CT molecular complexity index is 1020. The van der Waals surface area contributed by atoms with E-state index >= 15 is 0 Å². The molecule has 1 N–H and O–H groups in total. The number of nitrogens with zero attached hydrogens (tertiary/aromatic N) is 4. The van der Waals surface area contributed by atoms with Crippen molar-refractivity contribution in [1.82, 2.24) is 9.97 Å². The number of aryl methyl sites for hydroxylation is 1. The molecule has 0 unspecified atom stereocenters. The maximum absolute atomic E-state index is 13.4. The quantitative estimate of drug-likeness (QED) is 0.708. The summed E-state index contributed by atoms with van der Waals surface area (Å²) in [7, 11) is 0. The van der Waals surface area contributed by atoms with Crippen LogP contribution < -0.4 is 15.1 Å². The molecule has 1 aromatic heterocycles. The third-order valence-electron chi connectivity index (χ3n) is 5.31. The number of rotatable bonds is 4. The van der Waals surface area contributed by atoms with Crippen molar-refractivity contribution in [3.63, 3.8) is 0 Å². The van der Waals surface area contributed by atoms with Crippen molar-refractivity contribution in [2.24, 2.45) is 0 Å². The number of nitrogens with one attached hydrogen (secondary N) is 1. The van der Waals surface area contributed by atoms with Gasteiger partial charge in [-0.2, -0.15) is 4.98 Å². The zero-order valence-electron chi connectivity index (χ0n) is 16.5. The normalized spacial score (nSPS) is 14.2. The van der Waals surface area contributed by atoms with Crippen LogP contribution in [0, 0.1) is 25.5 Å². The Labute approximate surface area is 169 Å². The number of benzene rings is 2. The Morgan fingerprint density at radius 3 is 2.41 bits per heavy atom. The van der Waals surface area contributed by atoms with Crippen LogP contribution in [-0.4, -0.2) is 36.1 Å². The first-order valence-electron chi connectivity index (χ1n) is 9.62. The molecule has 0 amide bonds. The fourth-order valence-electron chi connectivity index (χ4n) is 3.52. The van der Waals surface area contributed by atoms with Gasteiger partial charge in [-0.1, -0.05) is 12.1 Å². The molecule has 3 aromatic rings. The predicted molar refractivity (Wildman–Crippen MR) is 112 cm³/mol. The molecule has 1 aliphatic heterocycles. The minimum Gasteiger partial charge on any atom is -0.368 e. The molecule has 0 bridgehead atoms. The van der Waals surface area contributed by atoms with Gasteiger partial charge in [0.2, 0.25) is 5.95 Å². The number of hydrogen-bond acceptors (Lipinski definition) is 5. The molecule has 0 spiro atoms. The van der Waals surface area contributed by atoms with Crippen LogP contribution in [0.5, 0.6) is 0 Å².